The van der Waals surface area contributed by atoms with Crippen molar-refractivity contribution in [1.82, 2.24) is 4.90 Å². The molecule has 2 N–H and O–H groups in total. The zero-order valence-electron chi connectivity index (χ0n) is 10.9. The van der Waals surface area contributed by atoms with E-state index in [1.807, 2.05) is 6.07 Å². The van der Waals surface area contributed by atoms with Gasteiger partial charge in [-0.3, -0.25) is 4.90 Å². The molecule has 0 aromatic heterocycles. The highest BCUT2D eigenvalue weighted by atomic mass is 15.3. The molecule has 0 aliphatic carbocycles. The molecular formula is C15H22N2. The van der Waals surface area contributed by atoms with Gasteiger partial charge in [-0.1, -0.05) is 42.5 Å². The van der Waals surface area contributed by atoms with E-state index in [1.54, 1.807) is 0 Å². The van der Waals surface area contributed by atoms with E-state index in [0.29, 0.717) is 6.04 Å². The first-order chi connectivity index (χ1) is 7.98. The Balaban J connectivity index is 2.05. The number of nitrogens with two attached hydrogens (primary N) is 1. The third-order valence-electron chi connectivity index (χ3n) is 3.35. The molecule has 0 radical (unpaired) electrons. The van der Waals surface area contributed by atoms with Gasteiger partial charge in [-0.05, 0) is 26.3 Å². The Hall–Kier alpha value is -1.12. The van der Waals surface area contributed by atoms with Crippen molar-refractivity contribution in [2.45, 2.75) is 38.4 Å². The summed E-state index contributed by atoms with van der Waals surface area (Å²) in [6.45, 7) is 7.71. The fourth-order valence-corrected chi connectivity index (χ4v) is 2.29. The average Bonchev–Trinajstić information content (AvgIpc) is 2.26. The number of likely N-dealkylation sites (tertiary alicyclic amines) is 1. The summed E-state index contributed by atoms with van der Waals surface area (Å²) in [6.07, 6.45) is 4.40. The molecule has 2 atom stereocenters. The normalized spacial score (nSPS) is 26.1. The summed E-state index contributed by atoms with van der Waals surface area (Å²) in [4.78, 5) is 2.44. The first-order valence-corrected chi connectivity index (χ1v) is 6.24. The molecule has 1 saturated heterocycles. The molecule has 1 aromatic carbocycles. The van der Waals surface area contributed by atoms with Crippen molar-refractivity contribution >= 4 is 6.08 Å². The van der Waals surface area contributed by atoms with Crippen LogP contribution in [0.1, 0.15) is 26.3 Å². The molecule has 17 heavy (non-hydrogen) atoms. The van der Waals surface area contributed by atoms with Crippen LogP contribution in [0.25, 0.3) is 6.08 Å². The lowest BCUT2D eigenvalue weighted by Gasteiger charge is -2.52. The van der Waals surface area contributed by atoms with Gasteiger partial charge < -0.3 is 5.73 Å². The Kier molecular flexibility index (Phi) is 3.36. The predicted molar refractivity (Wildman–Crippen MR) is 73.7 cm³/mol. The zero-order chi connectivity index (χ0) is 12.5. The van der Waals surface area contributed by atoms with Crippen molar-refractivity contribution in [2.75, 3.05) is 6.54 Å². The molecule has 2 heteroatoms. The molecule has 1 fully saturated rings. The van der Waals surface area contributed by atoms with Crippen molar-refractivity contribution in [3.8, 4) is 0 Å². The van der Waals surface area contributed by atoms with Crippen LogP contribution in [0.3, 0.4) is 0 Å². The Morgan fingerprint density at radius 1 is 1.24 bits per heavy atom. The van der Waals surface area contributed by atoms with Crippen molar-refractivity contribution in [3.63, 3.8) is 0 Å². The Bertz CT molecular complexity index is 389. The van der Waals surface area contributed by atoms with E-state index in [-0.39, 0.29) is 11.6 Å². The number of hydrogen-bond acceptors (Lipinski definition) is 2. The van der Waals surface area contributed by atoms with Crippen LogP contribution in [0.15, 0.2) is 36.4 Å². The molecule has 0 amide bonds. The van der Waals surface area contributed by atoms with Gasteiger partial charge in [-0.2, -0.15) is 0 Å². The third kappa shape index (κ3) is 2.76. The van der Waals surface area contributed by atoms with Crippen molar-refractivity contribution < 1.29 is 0 Å². The SMILES string of the molecule is CC(C)(C)N1CC(N)C1/C=C/c1ccccc1. The molecule has 92 valence electrons. The van der Waals surface area contributed by atoms with Crippen molar-refractivity contribution in [1.29, 1.82) is 0 Å². The lowest BCUT2D eigenvalue weighted by molar-refractivity contribution is 0.00798. The minimum atomic E-state index is 0.196. The van der Waals surface area contributed by atoms with Crippen molar-refractivity contribution in [2.24, 2.45) is 5.73 Å². The summed E-state index contributed by atoms with van der Waals surface area (Å²) in [5.74, 6) is 0. The van der Waals surface area contributed by atoms with Crippen LogP contribution in [0.4, 0.5) is 0 Å². The molecule has 0 bridgehead atoms. The van der Waals surface area contributed by atoms with Gasteiger partial charge >= 0.3 is 0 Å². The number of hydrogen-bond donors (Lipinski definition) is 1. The lowest BCUT2D eigenvalue weighted by atomic mass is 9.89. The van der Waals surface area contributed by atoms with E-state index >= 15 is 0 Å². The highest BCUT2D eigenvalue weighted by Crippen LogP contribution is 2.27. The number of nitrogens with zero attached hydrogens (tertiary/aromatic N) is 1. The van der Waals surface area contributed by atoms with E-state index in [9.17, 15) is 0 Å². The van der Waals surface area contributed by atoms with E-state index in [0.717, 1.165) is 6.54 Å². The predicted octanol–water partition coefficient (Wildman–Crippen LogP) is 2.51. The van der Waals surface area contributed by atoms with Gasteiger partial charge in [0, 0.05) is 24.2 Å². The second kappa shape index (κ2) is 4.63. The lowest BCUT2D eigenvalue weighted by Crippen LogP contribution is -2.68. The van der Waals surface area contributed by atoms with Crippen LogP contribution in [0, 0.1) is 0 Å². The first kappa shape index (κ1) is 12.3. The fourth-order valence-electron chi connectivity index (χ4n) is 2.29. The Morgan fingerprint density at radius 2 is 1.88 bits per heavy atom. The van der Waals surface area contributed by atoms with Crippen molar-refractivity contribution in [3.05, 3.63) is 42.0 Å². The van der Waals surface area contributed by atoms with Gasteiger partial charge in [0.05, 0.1) is 0 Å². The summed E-state index contributed by atoms with van der Waals surface area (Å²) in [7, 11) is 0. The Morgan fingerprint density at radius 3 is 2.41 bits per heavy atom. The van der Waals surface area contributed by atoms with E-state index < -0.39 is 0 Å². The van der Waals surface area contributed by atoms with Crippen LogP contribution in [0.2, 0.25) is 0 Å². The molecule has 1 aromatic rings. The van der Waals surface area contributed by atoms with E-state index in [2.05, 4.69) is 62.1 Å². The van der Waals surface area contributed by atoms with Gasteiger partial charge in [0.15, 0.2) is 0 Å². The van der Waals surface area contributed by atoms with Crippen LogP contribution in [0.5, 0.6) is 0 Å². The number of rotatable bonds is 2. The second-order valence-corrected chi connectivity index (χ2v) is 5.75. The van der Waals surface area contributed by atoms with Gasteiger partial charge in [0.2, 0.25) is 0 Å². The van der Waals surface area contributed by atoms with Gasteiger partial charge in [-0.15, -0.1) is 0 Å². The molecule has 1 aliphatic heterocycles. The monoisotopic (exact) mass is 230 g/mol. The maximum Gasteiger partial charge on any atom is 0.0451 e. The average molecular weight is 230 g/mol. The van der Waals surface area contributed by atoms with Gasteiger partial charge in [-0.25, -0.2) is 0 Å². The zero-order valence-corrected chi connectivity index (χ0v) is 10.9. The van der Waals surface area contributed by atoms with Gasteiger partial charge in [0.1, 0.15) is 0 Å². The number of benzene rings is 1. The Labute approximate surface area is 104 Å². The summed E-state index contributed by atoms with van der Waals surface area (Å²) < 4.78 is 0. The molecule has 2 unspecified atom stereocenters. The van der Waals surface area contributed by atoms with E-state index in [4.69, 9.17) is 5.73 Å². The van der Waals surface area contributed by atoms with Crippen LogP contribution < -0.4 is 5.73 Å². The second-order valence-electron chi connectivity index (χ2n) is 5.75. The summed E-state index contributed by atoms with van der Waals surface area (Å²) >= 11 is 0. The molecule has 1 aliphatic rings. The van der Waals surface area contributed by atoms with E-state index in [1.165, 1.54) is 5.56 Å². The highest BCUT2D eigenvalue weighted by molar-refractivity contribution is 5.50. The fraction of sp³-hybridized carbons (Fsp3) is 0.467. The molecule has 0 spiro atoms. The smallest absolute Gasteiger partial charge is 0.0451 e. The summed E-state index contributed by atoms with van der Waals surface area (Å²) in [5, 5.41) is 0. The maximum absolute atomic E-state index is 6.08. The topological polar surface area (TPSA) is 29.3 Å². The minimum absolute atomic E-state index is 0.196. The molecule has 2 rings (SSSR count). The maximum atomic E-state index is 6.08. The van der Waals surface area contributed by atoms with Crippen LogP contribution in [-0.4, -0.2) is 29.1 Å². The molecule has 2 nitrogen and oxygen atoms in total. The van der Waals surface area contributed by atoms with Gasteiger partial charge in [0.25, 0.3) is 0 Å². The quantitative estimate of drug-likeness (QED) is 0.846. The first-order valence-electron chi connectivity index (χ1n) is 6.24. The highest BCUT2D eigenvalue weighted by Gasteiger charge is 2.40. The molecule has 1 heterocycles. The minimum Gasteiger partial charge on any atom is -0.325 e. The summed E-state index contributed by atoms with van der Waals surface area (Å²) in [6, 6.07) is 11.0. The standard InChI is InChI=1S/C15H22N2/c1-15(2,3)17-11-13(16)14(17)10-9-12-7-5-4-6-8-12/h4-10,13-14H,11,16H2,1-3H3/b10-9+. The summed E-state index contributed by atoms with van der Waals surface area (Å²) in [5.41, 5.74) is 7.51. The third-order valence-corrected chi connectivity index (χ3v) is 3.35. The molecular weight excluding hydrogens is 208 g/mol. The van der Waals surface area contributed by atoms with Crippen LogP contribution in [-0.2, 0) is 0 Å². The largest absolute Gasteiger partial charge is 0.325 e. The molecule has 0 saturated carbocycles. The van der Waals surface area contributed by atoms with Crippen LogP contribution >= 0.6 is 0 Å².